The van der Waals surface area contributed by atoms with Crippen LogP contribution in [0.15, 0.2) is 42.5 Å². The third-order valence-corrected chi connectivity index (χ3v) is 4.66. The van der Waals surface area contributed by atoms with E-state index in [2.05, 4.69) is 10.6 Å². The average Bonchev–Trinajstić information content (AvgIpc) is 2.99. The van der Waals surface area contributed by atoms with Crippen LogP contribution in [0.25, 0.3) is 0 Å². The molecule has 30 heavy (non-hydrogen) atoms. The molecule has 0 radical (unpaired) electrons. The molecule has 2 unspecified atom stereocenters. The van der Waals surface area contributed by atoms with Crippen LogP contribution < -0.4 is 22.1 Å². The molecule has 1 heterocycles. The third kappa shape index (κ3) is 3.60. The van der Waals surface area contributed by atoms with Crippen LogP contribution in [0.3, 0.4) is 0 Å². The number of hydrogen-bond donors (Lipinski definition) is 4. The maximum absolute atomic E-state index is 14.1. The largest absolute Gasteiger partial charge is 0.416 e. The lowest BCUT2D eigenvalue weighted by Crippen LogP contribution is -2.61. The molecule has 0 saturated carbocycles. The second kappa shape index (κ2) is 6.82. The van der Waals surface area contributed by atoms with E-state index < -0.39 is 46.9 Å². The Hall–Kier alpha value is -3.44. The highest BCUT2D eigenvalue weighted by Gasteiger charge is 2.60. The fraction of sp³-hybridized carbons (Fsp3) is 0.222. The Labute approximate surface area is 165 Å². The average molecular weight is 432 g/mol. The van der Waals surface area contributed by atoms with Gasteiger partial charge in [0.05, 0.1) is 16.9 Å². The Morgan fingerprint density at radius 1 is 0.900 bits per heavy atom. The SMILES string of the molecule is NC(=O)c1ccc2c(c1)NC(C(N)=O)(C(c1cccc(C(F)(F)F)c1)C(F)(F)F)N2. The first-order valence-corrected chi connectivity index (χ1v) is 8.29. The highest BCUT2D eigenvalue weighted by Crippen LogP contribution is 2.49. The van der Waals surface area contributed by atoms with Gasteiger partial charge in [0, 0.05) is 5.56 Å². The van der Waals surface area contributed by atoms with Crippen LogP contribution in [0.1, 0.15) is 27.4 Å². The number of carbonyl (C=O) groups excluding carboxylic acids is 2. The summed E-state index contributed by atoms with van der Waals surface area (Å²) in [5.74, 6) is -5.19. The number of fused-ring (bicyclic) bond motifs is 1. The van der Waals surface area contributed by atoms with Crippen molar-refractivity contribution >= 4 is 23.2 Å². The maximum atomic E-state index is 14.1. The number of primary amides is 2. The summed E-state index contributed by atoms with van der Waals surface area (Å²) in [5, 5.41) is 4.65. The van der Waals surface area contributed by atoms with Crippen molar-refractivity contribution in [1.82, 2.24) is 0 Å². The molecule has 160 valence electrons. The highest BCUT2D eigenvalue weighted by molar-refractivity contribution is 6.00. The van der Waals surface area contributed by atoms with E-state index in [4.69, 9.17) is 11.5 Å². The second-order valence-corrected chi connectivity index (χ2v) is 6.64. The molecule has 0 aromatic heterocycles. The van der Waals surface area contributed by atoms with Crippen molar-refractivity contribution < 1.29 is 35.9 Å². The molecule has 12 heteroatoms. The van der Waals surface area contributed by atoms with E-state index in [9.17, 15) is 35.9 Å². The first-order valence-electron chi connectivity index (χ1n) is 8.29. The van der Waals surface area contributed by atoms with Crippen molar-refractivity contribution in [2.75, 3.05) is 10.6 Å². The lowest BCUT2D eigenvalue weighted by atomic mass is 9.84. The summed E-state index contributed by atoms with van der Waals surface area (Å²) in [6.07, 6.45) is -10.1. The minimum atomic E-state index is -5.19. The molecule has 2 aromatic rings. The normalized spacial score (nSPS) is 19.4. The molecule has 0 fully saturated rings. The minimum absolute atomic E-state index is 0.0139. The van der Waals surface area contributed by atoms with E-state index in [0.29, 0.717) is 12.1 Å². The van der Waals surface area contributed by atoms with E-state index in [1.54, 1.807) is 0 Å². The molecule has 6 N–H and O–H groups in total. The number of amides is 2. The summed E-state index contributed by atoms with van der Waals surface area (Å²) in [7, 11) is 0. The summed E-state index contributed by atoms with van der Waals surface area (Å²) >= 11 is 0. The van der Waals surface area contributed by atoms with Gasteiger partial charge in [-0.1, -0.05) is 18.2 Å². The van der Waals surface area contributed by atoms with Crippen LogP contribution in [0, 0.1) is 0 Å². The quantitative estimate of drug-likeness (QED) is 0.557. The van der Waals surface area contributed by atoms with Gasteiger partial charge in [-0.15, -0.1) is 0 Å². The zero-order valence-electron chi connectivity index (χ0n) is 14.9. The Morgan fingerprint density at radius 2 is 1.53 bits per heavy atom. The Balaban J connectivity index is 2.17. The third-order valence-electron chi connectivity index (χ3n) is 4.66. The van der Waals surface area contributed by atoms with E-state index >= 15 is 0 Å². The molecule has 0 spiro atoms. The summed E-state index contributed by atoms with van der Waals surface area (Å²) in [5.41, 5.74) is 5.37. The predicted octanol–water partition coefficient (Wildman–Crippen LogP) is 3.17. The van der Waals surface area contributed by atoms with E-state index in [1.165, 1.54) is 12.1 Å². The van der Waals surface area contributed by atoms with Crippen LogP contribution >= 0.6 is 0 Å². The van der Waals surface area contributed by atoms with Crippen molar-refractivity contribution in [1.29, 1.82) is 0 Å². The number of benzene rings is 2. The van der Waals surface area contributed by atoms with Gasteiger partial charge in [0.25, 0.3) is 5.91 Å². The number of anilines is 2. The lowest BCUT2D eigenvalue weighted by Gasteiger charge is -2.37. The molecule has 0 aliphatic carbocycles. The second-order valence-electron chi connectivity index (χ2n) is 6.64. The first kappa shape index (κ1) is 21.3. The molecule has 6 nitrogen and oxygen atoms in total. The zero-order chi connectivity index (χ0) is 22.5. The first-order chi connectivity index (χ1) is 13.8. The van der Waals surface area contributed by atoms with Gasteiger partial charge < -0.3 is 22.1 Å². The molecule has 1 aliphatic rings. The van der Waals surface area contributed by atoms with Crippen molar-refractivity contribution in [3.05, 3.63) is 59.2 Å². The van der Waals surface area contributed by atoms with Crippen LogP contribution in [0.5, 0.6) is 0 Å². The minimum Gasteiger partial charge on any atom is -0.366 e. The molecule has 0 saturated heterocycles. The van der Waals surface area contributed by atoms with E-state index in [1.807, 2.05) is 0 Å². The monoisotopic (exact) mass is 432 g/mol. The fourth-order valence-corrected chi connectivity index (χ4v) is 3.35. The van der Waals surface area contributed by atoms with Crippen molar-refractivity contribution in [2.45, 2.75) is 23.9 Å². The Kier molecular flexibility index (Phi) is 4.83. The smallest absolute Gasteiger partial charge is 0.366 e. The van der Waals surface area contributed by atoms with Gasteiger partial charge in [0.15, 0.2) is 0 Å². The number of nitrogens with one attached hydrogen (secondary N) is 2. The van der Waals surface area contributed by atoms with Crippen LogP contribution in [-0.4, -0.2) is 23.7 Å². The maximum Gasteiger partial charge on any atom is 0.416 e. The molecule has 2 aromatic carbocycles. The molecular formula is C18H14F6N4O2. The van der Waals surface area contributed by atoms with Gasteiger partial charge in [0.2, 0.25) is 11.6 Å². The summed E-state index contributed by atoms with van der Waals surface area (Å²) in [6.45, 7) is 0. The summed E-state index contributed by atoms with van der Waals surface area (Å²) in [6, 6.07) is 6.06. The van der Waals surface area contributed by atoms with Gasteiger partial charge in [-0.05, 0) is 29.8 Å². The lowest BCUT2D eigenvalue weighted by molar-refractivity contribution is -0.166. The van der Waals surface area contributed by atoms with E-state index in [0.717, 1.165) is 18.2 Å². The van der Waals surface area contributed by atoms with Gasteiger partial charge in [-0.3, -0.25) is 9.59 Å². The molecule has 1 aliphatic heterocycles. The number of halogens is 6. The Bertz CT molecular complexity index is 1020. The van der Waals surface area contributed by atoms with Crippen molar-refractivity contribution in [3.8, 4) is 0 Å². The topological polar surface area (TPSA) is 110 Å². The van der Waals surface area contributed by atoms with Crippen LogP contribution in [-0.2, 0) is 11.0 Å². The number of alkyl halides is 6. The number of hydrogen-bond acceptors (Lipinski definition) is 4. The molecular weight excluding hydrogens is 418 g/mol. The zero-order valence-corrected chi connectivity index (χ0v) is 14.9. The highest BCUT2D eigenvalue weighted by atomic mass is 19.4. The number of carbonyl (C=O) groups is 2. The van der Waals surface area contributed by atoms with Gasteiger partial charge >= 0.3 is 12.4 Å². The molecule has 3 rings (SSSR count). The standard InChI is InChI=1S/C18H14F6N4O2/c19-17(20,21)10-3-1-2-8(6-10)13(18(22,23)24)16(15(26)30)27-11-5-4-9(14(25)29)7-12(11)28-16/h1-7,13,27-28H,(H2,25,29)(H2,26,30). The molecule has 0 bridgehead atoms. The van der Waals surface area contributed by atoms with E-state index in [-0.39, 0.29) is 16.9 Å². The van der Waals surface area contributed by atoms with Crippen molar-refractivity contribution in [2.24, 2.45) is 11.5 Å². The van der Waals surface area contributed by atoms with Gasteiger partial charge in [-0.2, -0.15) is 26.3 Å². The predicted molar refractivity (Wildman–Crippen MR) is 94.4 cm³/mol. The number of nitrogens with two attached hydrogens (primary N) is 2. The van der Waals surface area contributed by atoms with Crippen LogP contribution in [0.4, 0.5) is 37.7 Å². The van der Waals surface area contributed by atoms with Gasteiger partial charge in [-0.25, -0.2) is 0 Å². The fourth-order valence-electron chi connectivity index (χ4n) is 3.35. The van der Waals surface area contributed by atoms with Crippen molar-refractivity contribution in [3.63, 3.8) is 0 Å². The van der Waals surface area contributed by atoms with Gasteiger partial charge in [0.1, 0.15) is 5.92 Å². The number of rotatable bonds is 4. The summed E-state index contributed by atoms with van der Waals surface area (Å²) < 4.78 is 81.4. The molecule has 2 amide bonds. The summed E-state index contributed by atoms with van der Waals surface area (Å²) in [4.78, 5) is 23.6. The van der Waals surface area contributed by atoms with Crippen LogP contribution in [0.2, 0.25) is 0 Å². The Morgan fingerprint density at radius 3 is 2.07 bits per heavy atom. The molecule has 2 atom stereocenters.